The summed E-state index contributed by atoms with van der Waals surface area (Å²) in [5, 5.41) is 2.77. The van der Waals surface area contributed by atoms with E-state index in [1.54, 1.807) is 0 Å². The molecule has 0 spiro atoms. The number of aromatic nitrogens is 2. The number of para-hydroxylation sites is 4. The van der Waals surface area contributed by atoms with E-state index < -0.39 is 0 Å². The fourth-order valence-electron chi connectivity index (χ4n) is 8.58. The smallest absolute Gasteiger partial charge is 0.209 e. The highest BCUT2D eigenvalue weighted by Crippen LogP contribution is 2.34. The third-order valence-electron chi connectivity index (χ3n) is 11.4. The monoisotopic (exact) mass is 728 g/mol. The summed E-state index contributed by atoms with van der Waals surface area (Å²) in [7, 11) is 4.38. The van der Waals surface area contributed by atoms with Crippen LogP contribution in [0.25, 0.3) is 21.8 Å². The van der Waals surface area contributed by atoms with Crippen LogP contribution in [0.4, 0.5) is 11.4 Å². The highest BCUT2D eigenvalue weighted by atomic mass is 15.1. The first-order valence-electron chi connectivity index (χ1n) is 20.4. The van der Waals surface area contributed by atoms with Crippen LogP contribution in [0.1, 0.15) is 80.2 Å². The van der Waals surface area contributed by atoms with Gasteiger partial charge in [-0.05, 0) is 44.0 Å². The van der Waals surface area contributed by atoms with Crippen molar-refractivity contribution in [2.24, 2.45) is 7.05 Å². The average molecular weight is 729 g/mol. The second-order valence-electron chi connectivity index (χ2n) is 14.2. The summed E-state index contributed by atoms with van der Waals surface area (Å²) in [6.45, 7) is 16.7. The third kappa shape index (κ3) is 7.73. The van der Waals surface area contributed by atoms with Gasteiger partial charge in [-0.3, -0.25) is 0 Å². The van der Waals surface area contributed by atoms with E-state index in [2.05, 4.69) is 181 Å². The van der Waals surface area contributed by atoms with Crippen LogP contribution in [0.2, 0.25) is 0 Å². The molecule has 0 fully saturated rings. The molecule has 0 bridgehead atoms. The van der Waals surface area contributed by atoms with Gasteiger partial charge in [0.15, 0.2) is 18.0 Å². The summed E-state index contributed by atoms with van der Waals surface area (Å²) in [4.78, 5) is 0. The van der Waals surface area contributed by atoms with Gasteiger partial charge in [0.25, 0.3) is 0 Å². The Morgan fingerprint density at radius 2 is 1.05 bits per heavy atom. The van der Waals surface area contributed by atoms with E-state index in [1.165, 1.54) is 83.8 Å². The first-order chi connectivity index (χ1) is 26.9. The predicted octanol–water partition coefficient (Wildman–Crippen LogP) is 12.3. The van der Waals surface area contributed by atoms with Crippen LogP contribution in [0.3, 0.4) is 0 Å². The Morgan fingerprint density at radius 3 is 1.71 bits per heavy atom. The molecule has 0 saturated heterocycles. The lowest BCUT2D eigenvalue weighted by Gasteiger charge is -2.06. The second-order valence-corrected chi connectivity index (χ2v) is 14.2. The number of hydrogen-bond donors (Lipinski definition) is 0. The lowest BCUT2D eigenvalue weighted by Crippen LogP contribution is -2.20. The van der Waals surface area contributed by atoms with E-state index >= 15 is 0 Å². The highest BCUT2D eigenvalue weighted by Gasteiger charge is 2.35. The van der Waals surface area contributed by atoms with Gasteiger partial charge in [-0.15, -0.1) is 0 Å². The van der Waals surface area contributed by atoms with Crippen molar-refractivity contribution in [2.45, 2.75) is 87.2 Å². The SMILES string of the molecule is CC.CC.CCn1c(C)c(Cc2c(C)n(C)c3ccccc23)c2ccccc21.C[N+]1=C(CC2=[N+](Cc3ccccc3)c3ccccc3C2)Cc2ccccc21. The lowest BCUT2D eigenvalue weighted by atomic mass is 9.99. The van der Waals surface area contributed by atoms with E-state index in [4.69, 9.17) is 0 Å². The number of benzene rings is 5. The summed E-state index contributed by atoms with van der Waals surface area (Å²) >= 11 is 0. The highest BCUT2D eigenvalue weighted by molar-refractivity contribution is 6.05. The quantitative estimate of drug-likeness (QED) is 0.145. The lowest BCUT2D eigenvalue weighted by molar-refractivity contribution is -0.456. The largest absolute Gasteiger partial charge is 0.348 e. The topological polar surface area (TPSA) is 15.9 Å². The van der Waals surface area contributed by atoms with Crippen molar-refractivity contribution in [1.82, 2.24) is 9.13 Å². The van der Waals surface area contributed by atoms with E-state index in [1.807, 2.05) is 27.7 Å². The molecular weight excluding hydrogens is 669 g/mol. The minimum Gasteiger partial charge on any atom is -0.348 e. The first kappa shape index (κ1) is 39.2. The van der Waals surface area contributed by atoms with Crippen LogP contribution < -0.4 is 0 Å². The number of nitrogens with zero attached hydrogens (tertiary/aromatic N) is 4. The molecule has 0 unspecified atom stereocenters. The van der Waals surface area contributed by atoms with Crippen molar-refractivity contribution in [3.63, 3.8) is 0 Å². The van der Waals surface area contributed by atoms with Crippen molar-refractivity contribution in [2.75, 3.05) is 7.05 Å². The van der Waals surface area contributed by atoms with Crippen molar-refractivity contribution in [1.29, 1.82) is 0 Å². The fraction of sp³-hybridized carbons (Fsp3) is 0.294. The van der Waals surface area contributed by atoms with Crippen molar-refractivity contribution < 1.29 is 9.15 Å². The standard InChI is InChI=1S/C25H24N2.C22H24N2.2C2H6/c1-26-22(15-20-11-5-7-13-24(20)26)17-23-16-21-12-6-8-14-25(21)27(23)18-19-9-3-2-4-10-19;1-5-24-16(3)20(18-11-7-9-13-22(18)24)14-19-15(2)23(4)21-12-8-6-10-17(19)21;2*1-2/h2-14H,15-18H2,1H3;6-13H,5,14H2,1-4H3;2*1-2H3/q+2;;;. The molecule has 0 N–H and O–H groups in total. The Hall–Kier alpha value is -5.48. The van der Waals surface area contributed by atoms with Crippen LogP contribution in [-0.2, 0) is 39.4 Å². The van der Waals surface area contributed by atoms with E-state index in [-0.39, 0.29) is 0 Å². The molecule has 0 radical (unpaired) electrons. The zero-order valence-corrected chi connectivity index (χ0v) is 34.7. The van der Waals surface area contributed by atoms with Crippen molar-refractivity contribution >= 4 is 44.6 Å². The van der Waals surface area contributed by atoms with E-state index in [0.717, 1.165) is 38.8 Å². The number of hydrogen-bond acceptors (Lipinski definition) is 0. The van der Waals surface area contributed by atoms with Crippen LogP contribution in [0, 0.1) is 13.8 Å². The molecule has 2 aliphatic rings. The summed E-state index contributed by atoms with van der Waals surface area (Å²) in [6, 6.07) is 46.0. The van der Waals surface area contributed by atoms with Gasteiger partial charge in [-0.1, -0.05) is 131 Å². The second kappa shape index (κ2) is 17.8. The molecular formula is C51H60N4+2. The van der Waals surface area contributed by atoms with Crippen molar-refractivity contribution in [3.8, 4) is 0 Å². The summed E-state index contributed by atoms with van der Waals surface area (Å²) in [6.07, 6.45) is 4.14. The Bertz CT molecular complexity index is 2470. The zero-order chi connectivity index (χ0) is 39.1. The Kier molecular flexibility index (Phi) is 12.7. The molecule has 0 atom stereocenters. The molecule has 0 amide bonds. The van der Waals surface area contributed by atoms with Crippen LogP contribution in [0.15, 0.2) is 127 Å². The molecule has 2 aliphatic heterocycles. The first-order valence-corrected chi connectivity index (χ1v) is 20.4. The number of fused-ring (bicyclic) bond motifs is 4. The van der Waals surface area contributed by atoms with Gasteiger partial charge in [0, 0.05) is 82.0 Å². The zero-order valence-electron chi connectivity index (χ0n) is 34.7. The summed E-state index contributed by atoms with van der Waals surface area (Å²) < 4.78 is 9.69. The minimum absolute atomic E-state index is 0.942. The van der Waals surface area contributed by atoms with Gasteiger partial charge < -0.3 is 9.13 Å². The van der Waals surface area contributed by atoms with E-state index in [9.17, 15) is 0 Å². The molecule has 7 aromatic rings. The minimum atomic E-state index is 0.942. The molecule has 4 heteroatoms. The maximum Gasteiger partial charge on any atom is 0.209 e. The molecule has 55 heavy (non-hydrogen) atoms. The van der Waals surface area contributed by atoms with E-state index in [0.29, 0.717) is 0 Å². The molecule has 282 valence electrons. The van der Waals surface area contributed by atoms with Gasteiger partial charge in [-0.25, -0.2) is 4.58 Å². The normalized spacial score (nSPS) is 12.8. The molecule has 9 rings (SSSR count). The summed E-state index contributed by atoms with van der Waals surface area (Å²) in [5.41, 5.74) is 18.3. The van der Waals surface area contributed by atoms with Gasteiger partial charge in [0.1, 0.15) is 13.5 Å². The summed E-state index contributed by atoms with van der Waals surface area (Å²) in [5.74, 6) is 0. The molecule has 0 saturated carbocycles. The molecule has 0 aliphatic carbocycles. The number of aryl methyl sites for hydroxylation is 2. The maximum atomic E-state index is 2.54. The van der Waals surface area contributed by atoms with Gasteiger partial charge in [-0.2, -0.15) is 4.58 Å². The fourth-order valence-corrected chi connectivity index (χ4v) is 8.58. The Balaban J connectivity index is 0.000000173. The van der Waals surface area contributed by atoms with Crippen LogP contribution >= 0.6 is 0 Å². The molecule has 4 heterocycles. The molecule has 4 nitrogen and oxygen atoms in total. The third-order valence-corrected chi connectivity index (χ3v) is 11.4. The predicted molar refractivity (Wildman–Crippen MR) is 236 cm³/mol. The van der Waals surface area contributed by atoms with Crippen LogP contribution in [-0.4, -0.2) is 36.8 Å². The maximum absolute atomic E-state index is 2.54. The van der Waals surface area contributed by atoms with Gasteiger partial charge >= 0.3 is 0 Å². The van der Waals surface area contributed by atoms with Gasteiger partial charge in [0.2, 0.25) is 11.4 Å². The Labute approximate surface area is 329 Å². The Morgan fingerprint density at radius 1 is 0.545 bits per heavy atom. The van der Waals surface area contributed by atoms with Crippen molar-refractivity contribution in [3.05, 3.63) is 167 Å². The number of rotatable bonds is 7. The molecule has 2 aromatic heterocycles. The average Bonchev–Trinajstić information content (AvgIpc) is 3.91. The molecule has 5 aromatic carbocycles. The van der Waals surface area contributed by atoms with Gasteiger partial charge in [0.05, 0.1) is 12.8 Å². The van der Waals surface area contributed by atoms with Crippen LogP contribution in [0.5, 0.6) is 0 Å².